The van der Waals surface area contributed by atoms with E-state index in [0.717, 1.165) is 19.4 Å². The molecule has 110 valence electrons. The first-order chi connectivity index (χ1) is 9.49. The third-order valence-electron chi connectivity index (χ3n) is 4.00. The normalized spacial score (nSPS) is 21.4. The summed E-state index contributed by atoms with van der Waals surface area (Å²) in [5, 5.41) is 2.78. The summed E-state index contributed by atoms with van der Waals surface area (Å²) in [5.41, 5.74) is 6.42. The van der Waals surface area contributed by atoms with Crippen molar-refractivity contribution in [3.8, 4) is 0 Å². The van der Waals surface area contributed by atoms with Gasteiger partial charge in [-0.15, -0.1) is 0 Å². The van der Waals surface area contributed by atoms with Crippen LogP contribution in [0.3, 0.4) is 0 Å². The Morgan fingerprint density at radius 1 is 1.50 bits per heavy atom. The summed E-state index contributed by atoms with van der Waals surface area (Å²) in [5.74, 6) is -0.504. The molecule has 20 heavy (non-hydrogen) atoms. The highest BCUT2D eigenvalue weighted by molar-refractivity contribution is 5.97. The molecule has 4 nitrogen and oxygen atoms in total. The van der Waals surface area contributed by atoms with Gasteiger partial charge >= 0.3 is 0 Å². The third kappa shape index (κ3) is 3.28. The molecule has 1 aromatic carbocycles. The maximum Gasteiger partial charge on any atom is 0.241 e. The number of nitrogens with two attached hydrogens (primary N) is 1. The summed E-state index contributed by atoms with van der Waals surface area (Å²) in [6, 6.07) is 4.20. The number of amides is 1. The molecule has 1 aliphatic rings. The molecule has 1 saturated heterocycles. The van der Waals surface area contributed by atoms with Crippen molar-refractivity contribution in [2.24, 2.45) is 0 Å². The number of nitrogen functional groups attached to an aromatic ring is 1. The van der Waals surface area contributed by atoms with Gasteiger partial charge in [-0.3, -0.25) is 9.69 Å². The average molecular weight is 279 g/mol. The van der Waals surface area contributed by atoms with Gasteiger partial charge in [0.2, 0.25) is 5.91 Å². The first-order valence-corrected chi connectivity index (χ1v) is 7.10. The van der Waals surface area contributed by atoms with Gasteiger partial charge in [-0.25, -0.2) is 4.39 Å². The highest BCUT2D eigenvalue weighted by Gasteiger charge is 2.27. The van der Waals surface area contributed by atoms with Crippen LogP contribution in [0, 0.1) is 5.82 Å². The Hall–Kier alpha value is -1.62. The average Bonchev–Trinajstić information content (AvgIpc) is 2.41. The predicted molar refractivity (Wildman–Crippen MR) is 78.9 cm³/mol. The number of nitrogens with zero attached hydrogens (tertiary/aromatic N) is 1. The van der Waals surface area contributed by atoms with Gasteiger partial charge in [0.05, 0.1) is 17.4 Å². The summed E-state index contributed by atoms with van der Waals surface area (Å²) in [4.78, 5) is 14.5. The van der Waals surface area contributed by atoms with E-state index in [1.165, 1.54) is 24.6 Å². The van der Waals surface area contributed by atoms with Crippen LogP contribution in [-0.4, -0.2) is 29.4 Å². The number of hydrogen-bond donors (Lipinski definition) is 2. The summed E-state index contributed by atoms with van der Waals surface area (Å²) in [6.45, 7) is 4.99. The van der Waals surface area contributed by atoms with Gasteiger partial charge < -0.3 is 11.1 Å². The van der Waals surface area contributed by atoms with Crippen LogP contribution in [0.25, 0.3) is 0 Å². The number of nitrogens with one attached hydrogen (secondary N) is 1. The van der Waals surface area contributed by atoms with Crippen LogP contribution >= 0.6 is 0 Å². The molecule has 1 aromatic rings. The fourth-order valence-electron chi connectivity index (χ4n) is 2.73. The molecule has 0 radical (unpaired) electrons. The number of halogens is 1. The number of carbonyl (C=O) groups excluding carboxylic acids is 1. The number of rotatable bonds is 3. The zero-order valence-corrected chi connectivity index (χ0v) is 12.0. The quantitative estimate of drug-likeness (QED) is 0.836. The Bertz CT molecular complexity index is 492. The van der Waals surface area contributed by atoms with Crippen LogP contribution in [-0.2, 0) is 4.79 Å². The monoisotopic (exact) mass is 279 g/mol. The van der Waals surface area contributed by atoms with E-state index in [1.54, 1.807) is 0 Å². The highest BCUT2D eigenvalue weighted by atomic mass is 19.1. The second-order valence-corrected chi connectivity index (χ2v) is 5.48. The lowest BCUT2D eigenvalue weighted by Gasteiger charge is -2.37. The van der Waals surface area contributed by atoms with Gasteiger partial charge in [0, 0.05) is 6.04 Å². The van der Waals surface area contributed by atoms with Crippen molar-refractivity contribution in [2.75, 3.05) is 17.6 Å². The number of piperidine rings is 1. The second-order valence-electron chi connectivity index (χ2n) is 5.48. The van der Waals surface area contributed by atoms with E-state index in [1.807, 2.05) is 6.92 Å². The topological polar surface area (TPSA) is 58.4 Å². The van der Waals surface area contributed by atoms with E-state index < -0.39 is 5.82 Å². The molecule has 0 spiro atoms. The van der Waals surface area contributed by atoms with Gasteiger partial charge in [-0.1, -0.05) is 6.42 Å². The molecular formula is C15H22FN3O. The zero-order valence-electron chi connectivity index (χ0n) is 12.0. The van der Waals surface area contributed by atoms with Crippen molar-refractivity contribution in [1.29, 1.82) is 0 Å². The molecule has 1 amide bonds. The van der Waals surface area contributed by atoms with E-state index in [4.69, 9.17) is 5.73 Å². The first-order valence-electron chi connectivity index (χ1n) is 7.10. The van der Waals surface area contributed by atoms with Crippen molar-refractivity contribution in [1.82, 2.24) is 4.90 Å². The number of hydrogen-bond acceptors (Lipinski definition) is 3. The number of carbonyl (C=O) groups is 1. The standard InChI is InChI=1S/C15H22FN3O/c1-10-5-3-4-8-19(10)11(2)15(20)18-14-7-6-12(16)9-13(14)17/h6-7,9-11H,3-5,8,17H2,1-2H3,(H,18,20). The van der Waals surface area contributed by atoms with Crippen molar-refractivity contribution >= 4 is 17.3 Å². The van der Waals surface area contributed by atoms with Crippen LogP contribution in [0.15, 0.2) is 18.2 Å². The number of likely N-dealkylation sites (tertiary alicyclic amines) is 1. The Balaban J connectivity index is 2.03. The van der Waals surface area contributed by atoms with Gasteiger partial charge in [-0.05, 0) is 51.4 Å². The fraction of sp³-hybridized carbons (Fsp3) is 0.533. The smallest absolute Gasteiger partial charge is 0.241 e. The fourth-order valence-corrected chi connectivity index (χ4v) is 2.73. The Morgan fingerprint density at radius 3 is 2.90 bits per heavy atom. The molecule has 1 fully saturated rings. The van der Waals surface area contributed by atoms with Crippen LogP contribution < -0.4 is 11.1 Å². The Labute approximate surface area is 119 Å². The Morgan fingerprint density at radius 2 is 2.25 bits per heavy atom. The van der Waals surface area contributed by atoms with Gasteiger partial charge in [0.25, 0.3) is 0 Å². The minimum atomic E-state index is -0.404. The molecule has 3 N–H and O–H groups in total. The van der Waals surface area contributed by atoms with Crippen LogP contribution in [0.4, 0.5) is 15.8 Å². The second kappa shape index (κ2) is 6.22. The molecule has 0 saturated carbocycles. The summed E-state index contributed by atoms with van der Waals surface area (Å²) in [6.07, 6.45) is 3.47. The number of benzene rings is 1. The molecule has 5 heteroatoms. The predicted octanol–water partition coefficient (Wildman–Crippen LogP) is 2.61. The largest absolute Gasteiger partial charge is 0.397 e. The summed E-state index contributed by atoms with van der Waals surface area (Å²) < 4.78 is 13.0. The maximum atomic E-state index is 13.0. The molecule has 2 rings (SSSR count). The first kappa shape index (κ1) is 14.8. The minimum Gasteiger partial charge on any atom is -0.397 e. The van der Waals surface area contributed by atoms with E-state index in [9.17, 15) is 9.18 Å². The number of anilines is 2. The molecule has 2 atom stereocenters. The molecule has 0 aliphatic carbocycles. The SMILES string of the molecule is CC1CCCCN1C(C)C(=O)Nc1ccc(F)cc1N. The molecule has 0 aromatic heterocycles. The zero-order chi connectivity index (χ0) is 14.7. The molecular weight excluding hydrogens is 257 g/mol. The molecule has 0 bridgehead atoms. The lowest BCUT2D eigenvalue weighted by atomic mass is 10.0. The van der Waals surface area contributed by atoms with Crippen LogP contribution in [0.2, 0.25) is 0 Å². The van der Waals surface area contributed by atoms with E-state index in [0.29, 0.717) is 11.7 Å². The van der Waals surface area contributed by atoms with E-state index >= 15 is 0 Å². The van der Waals surface area contributed by atoms with Crippen LogP contribution in [0.5, 0.6) is 0 Å². The van der Waals surface area contributed by atoms with Crippen LogP contribution in [0.1, 0.15) is 33.1 Å². The highest BCUT2D eigenvalue weighted by Crippen LogP contribution is 2.22. The third-order valence-corrected chi connectivity index (χ3v) is 4.00. The van der Waals surface area contributed by atoms with Gasteiger partial charge in [0.15, 0.2) is 0 Å². The lowest BCUT2D eigenvalue weighted by Crippen LogP contribution is -2.48. The minimum absolute atomic E-state index is 0.0999. The lowest BCUT2D eigenvalue weighted by molar-refractivity contribution is -0.122. The van der Waals surface area contributed by atoms with E-state index in [-0.39, 0.29) is 17.6 Å². The van der Waals surface area contributed by atoms with Crippen molar-refractivity contribution in [3.63, 3.8) is 0 Å². The Kier molecular flexibility index (Phi) is 4.60. The molecule has 2 unspecified atom stereocenters. The van der Waals surface area contributed by atoms with Gasteiger partial charge in [0.1, 0.15) is 5.82 Å². The van der Waals surface area contributed by atoms with Crippen molar-refractivity contribution in [3.05, 3.63) is 24.0 Å². The van der Waals surface area contributed by atoms with Crippen molar-refractivity contribution < 1.29 is 9.18 Å². The van der Waals surface area contributed by atoms with Crippen molar-refractivity contribution in [2.45, 2.75) is 45.2 Å². The van der Waals surface area contributed by atoms with Gasteiger partial charge in [-0.2, -0.15) is 0 Å². The molecule has 1 aliphatic heterocycles. The summed E-state index contributed by atoms with van der Waals surface area (Å²) in [7, 11) is 0. The molecule has 1 heterocycles. The maximum absolute atomic E-state index is 13.0. The van der Waals surface area contributed by atoms with E-state index in [2.05, 4.69) is 17.1 Å². The summed E-state index contributed by atoms with van der Waals surface area (Å²) >= 11 is 0.